The lowest BCUT2D eigenvalue weighted by atomic mass is 10.2. The minimum atomic E-state index is -0.806. The van der Waals surface area contributed by atoms with E-state index in [-0.39, 0.29) is 0 Å². The third-order valence-corrected chi connectivity index (χ3v) is 4.39. The summed E-state index contributed by atoms with van der Waals surface area (Å²) in [4.78, 5) is 13.8. The quantitative estimate of drug-likeness (QED) is 0.637. The van der Waals surface area contributed by atoms with Crippen molar-refractivity contribution in [2.24, 2.45) is 0 Å². The topological polar surface area (TPSA) is 29.1 Å². The Kier molecular flexibility index (Phi) is 4.82. The molecular formula is C19H13F2NOS. The highest BCUT2D eigenvalue weighted by Crippen LogP contribution is 2.28. The molecule has 2 aromatic carbocycles. The van der Waals surface area contributed by atoms with Crippen molar-refractivity contribution in [1.29, 1.82) is 0 Å². The summed E-state index contributed by atoms with van der Waals surface area (Å²) in [5, 5.41) is 2.22. The smallest absolute Gasteiger partial charge is 0.248 e. The second-order valence-corrected chi connectivity index (χ2v) is 6.10. The number of hydrogen-bond acceptors (Lipinski definition) is 2. The average Bonchev–Trinajstić information content (AvgIpc) is 3.06. The van der Waals surface area contributed by atoms with Crippen LogP contribution in [-0.4, -0.2) is 5.91 Å². The fourth-order valence-electron chi connectivity index (χ4n) is 2.14. The largest absolute Gasteiger partial charge is 0.318 e. The molecule has 24 heavy (non-hydrogen) atoms. The number of carbonyl (C=O) groups is 1. The molecule has 0 unspecified atom stereocenters. The monoisotopic (exact) mass is 341 g/mol. The number of amides is 1. The molecule has 0 bridgehead atoms. The molecule has 1 aromatic heterocycles. The summed E-state index contributed by atoms with van der Waals surface area (Å²) < 4.78 is 27.0. The first-order chi connectivity index (χ1) is 11.6. The van der Waals surface area contributed by atoms with Crippen LogP contribution in [0.15, 0.2) is 66.7 Å². The number of nitrogens with one attached hydrogen (secondary N) is 1. The Morgan fingerprint density at radius 1 is 0.917 bits per heavy atom. The van der Waals surface area contributed by atoms with E-state index in [4.69, 9.17) is 0 Å². The molecule has 0 saturated heterocycles. The van der Waals surface area contributed by atoms with Gasteiger partial charge in [0.05, 0.1) is 0 Å². The first kappa shape index (κ1) is 16.1. The summed E-state index contributed by atoms with van der Waals surface area (Å²) in [6, 6.07) is 17.2. The van der Waals surface area contributed by atoms with Gasteiger partial charge in [-0.05, 0) is 35.9 Å². The van der Waals surface area contributed by atoms with Gasteiger partial charge in [-0.2, -0.15) is 0 Å². The average molecular weight is 341 g/mol. The highest BCUT2D eigenvalue weighted by molar-refractivity contribution is 7.16. The van der Waals surface area contributed by atoms with Gasteiger partial charge in [0.2, 0.25) is 5.91 Å². The van der Waals surface area contributed by atoms with Gasteiger partial charge < -0.3 is 5.32 Å². The minimum Gasteiger partial charge on any atom is -0.318 e. The van der Waals surface area contributed by atoms with Gasteiger partial charge in [-0.15, -0.1) is 11.3 Å². The van der Waals surface area contributed by atoms with Gasteiger partial charge in [-0.1, -0.05) is 36.4 Å². The SMILES string of the molecule is O=C(/C=C/c1ccc(-c2ccccc2)s1)Nc1c(F)cccc1F. The van der Waals surface area contributed by atoms with E-state index in [1.165, 1.54) is 23.5 Å². The normalized spacial score (nSPS) is 10.9. The van der Waals surface area contributed by atoms with Crippen LogP contribution in [0.25, 0.3) is 16.5 Å². The molecule has 1 N–H and O–H groups in total. The van der Waals surface area contributed by atoms with Crippen LogP contribution in [0.5, 0.6) is 0 Å². The molecule has 3 rings (SSSR count). The third kappa shape index (κ3) is 3.75. The van der Waals surface area contributed by atoms with Crippen molar-refractivity contribution in [2.45, 2.75) is 0 Å². The maximum Gasteiger partial charge on any atom is 0.248 e. The zero-order valence-corrected chi connectivity index (χ0v) is 13.3. The molecule has 0 saturated carbocycles. The predicted molar refractivity (Wildman–Crippen MR) is 93.8 cm³/mol. The standard InChI is InChI=1S/C19H13F2NOS/c20-15-7-4-8-16(21)19(15)22-18(23)12-10-14-9-11-17(24-14)13-5-2-1-3-6-13/h1-12H,(H,22,23)/b12-10+. The van der Waals surface area contributed by atoms with Crippen molar-refractivity contribution < 1.29 is 13.6 Å². The van der Waals surface area contributed by atoms with Crippen LogP contribution in [0, 0.1) is 11.6 Å². The Morgan fingerprint density at radius 2 is 1.62 bits per heavy atom. The molecule has 1 heterocycles. The van der Waals surface area contributed by atoms with Crippen molar-refractivity contribution in [3.63, 3.8) is 0 Å². The number of para-hydroxylation sites is 1. The molecule has 2 nitrogen and oxygen atoms in total. The van der Waals surface area contributed by atoms with Crippen LogP contribution >= 0.6 is 11.3 Å². The van der Waals surface area contributed by atoms with E-state index in [1.807, 2.05) is 42.5 Å². The second kappa shape index (κ2) is 7.19. The minimum absolute atomic E-state index is 0.441. The van der Waals surface area contributed by atoms with Crippen LogP contribution in [0.1, 0.15) is 4.88 Å². The van der Waals surface area contributed by atoms with Gasteiger partial charge in [0, 0.05) is 15.8 Å². The Balaban J connectivity index is 1.70. The zero-order chi connectivity index (χ0) is 16.9. The van der Waals surface area contributed by atoms with E-state index < -0.39 is 23.2 Å². The van der Waals surface area contributed by atoms with Crippen molar-refractivity contribution in [3.8, 4) is 10.4 Å². The fraction of sp³-hybridized carbons (Fsp3) is 0. The molecule has 0 fully saturated rings. The number of anilines is 1. The molecule has 0 aliphatic carbocycles. The molecule has 0 spiro atoms. The molecule has 5 heteroatoms. The lowest BCUT2D eigenvalue weighted by Crippen LogP contribution is -2.10. The maximum absolute atomic E-state index is 13.5. The van der Waals surface area contributed by atoms with Gasteiger partial charge in [-0.3, -0.25) is 4.79 Å². The lowest BCUT2D eigenvalue weighted by molar-refractivity contribution is -0.111. The number of carbonyl (C=O) groups excluding carboxylic acids is 1. The van der Waals surface area contributed by atoms with E-state index in [2.05, 4.69) is 5.32 Å². The van der Waals surface area contributed by atoms with Gasteiger partial charge in [0.15, 0.2) is 0 Å². The lowest BCUT2D eigenvalue weighted by Gasteiger charge is -2.04. The van der Waals surface area contributed by atoms with Gasteiger partial charge >= 0.3 is 0 Å². The molecular weight excluding hydrogens is 328 g/mol. The van der Waals surface area contributed by atoms with Crippen LogP contribution in [0.3, 0.4) is 0 Å². The summed E-state index contributed by atoms with van der Waals surface area (Å²) in [5.74, 6) is -2.20. The molecule has 0 radical (unpaired) electrons. The molecule has 3 aromatic rings. The number of hydrogen-bond donors (Lipinski definition) is 1. The van der Waals surface area contributed by atoms with Gasteiger partial charge in [-0.25, -0.2) is 8.78 Å². The molecule has 1 amide bonds. The fourth-order valence-corrected chi connectivity index (χ4v) is 3.06. The molecule has 0 atom stereocenters. The van der Waals surface area contributed by atoms with E-state index in [1.54, 1.807) is 6.08 Å². The maximum atomic E-state index is 13.5. The van der Waals surface area contributed by atoms with E-state index in [9.17, 15) is 13.6 Å². The Morgan fingerprint density at radius 3 is 2.33 bits per heavy atom. The first-order valence-corrected chi connectivity index (χ1v) is 8.03. The van der Waals surface area contributed by atoms with Crippen molar-refractivity contribution in [1.82, 2.24) is 0 Å². The van der Waals surface area contributed by atoms with Crippen molar-refractivity contribution in [3.05, 3.63) is 83.3 Å². The summed E-state index contributed by atoms with van der Waals surface area (Å²) in [6.07, 6.45) is 2.87. The van der Waals surface area contributed by atoms with Crippen LogP contribution < -0.4 is 5.32 Å². The summed E-state index contributed by atoms with van der Waals surface area (Å²) in [5.41, 5.74) is 0.656. The van der Waals surface area contributed by atoms with Gasteiger partial charge in [0.1, 0.15) is 17.3 Å². The summed E-state index contributed by atoms with van der Waals surface area (Å²) in [6.45, 7) is 0. The molecule has 0 aliphatic rings. The highest BCUT2D eigenvalue weighted by Gasteiger charge is 2.10. The summed E-state index contributed by atoms with van der Waals surface area (Å²) >= 11 is 1.53. The van der Waals surface area contributed by atoms with Crippen LogP contribution in [0.4, 0.5) is 14.5 Å². The first-order valence-electron chi connectivity index (χ1n) is 7.22. The molecule has 0 aliphatic heterocycles. The van der Waals surface area contributed by atoms with E-state index in [0.717, 1.165) is 27.5 Å². The van der Waals surface area contributed by atoms with Crippen molar-refractivity contribution >= 4 is 29.0 Å². The summed E-state index contributed by atoms with van der Waals surface area (Å²) in [7, 11) is 0. The highest BCUT2D eigenvalue weighted by atomic mass is 32.1. The number of rotatable bonds is 4. The number of thiophene rings is 1. The Labute approximate surface area is 142 Å². The van der Waals surface area contributed by atoms with Crippen LogP contribution in [-0.2, 0) is 4.79 Å². The van der Waals surface area contributed by atoms with Crippen LogP contribution in [0.2, 0.25) is 0 Å². The van der Waals surface area contributed by atoms with Crippen molar-refractivity contribution in [2.75, 3.05) is 5.32 Å². The third-order valence-electron chi connectivity index (χ3n) is 3.30. The second-order valence-electron chi connectivity index (χ2n) is 4.99. The zero-order valence-electron chi connectivity index (χ0n) is 12.5. The van der Waals surface area contributed by atoms with E-state index in [0.29, 0.717) is 0 Å². The van der Waals surface area contributed by atoms with E-state index >= 15 is 0 Å². The molecule has 120 valence electrons. The number of benzene rings is 2. The number of halogens is 2. The van der Waals surface area contributed by atoms with Gasteiger partial charge in [0.25, 0.3) is 0 Å². The predicted octanol–water partition coefficient (Wildman–Crippen LogP) is 5.35. The Bertz CT molecular complexity index is 867. The Hall–Kier alpha value is -2.79.